The molecule has 2 amide bonds. The van der Waals surface area contributed by atoms with Crippen molar-refractivity contribution in [2.45, 2.75) is 32.3 Å². The Morgan fingerprint density at radius 1 is 1.15 bits per heavy atom. The number of rotatable bonds is 11. The molecule has 0 spiro atoms. The maximum Gasteiger partial charge on any atom is 0.412 e. The highest BCUT2D eigenvalue weighted by Gasteiger charge is 2.18. The van der Waals surface area contributed by atoms with Gasteiger partial charge in [0.1, 0.15) is 30.1 Å². The molecule has 0 aliphatic carbocycles. The lowest BCUT2D eigenvalue weighted by Crippen LogP contribution is -2.19. The van der Waals surface area contributed by atoms with Crippen LogP contribution in [0, 0.1) is 11.6 Å². The number of carbonyl (C=O) groups is 2. The largest absolute Gasteiger partial charge is 0.491 e. The molecule has 1 atom stereocenters. The van der Waals surface area contributed by atoms with Crippen LogP contribution >= 0.6 is 0 Å². The first-order valence-electron chi connectivity index (χ1n) is 10.2. The molecule has 0 heterocycles. The van der Waals surface area contributed by atoms with Crippen molar-refractivity contribution in [2.24, 2.45) is 0 Å². The van der Waals surface area contributed by atoms with Crippen molar-refractivity contribution in [3.63, 3.8) is 0 Å². The van der Waals surface area contributed by atoms with Gasteiger partial charge in [-0.25, -0.2) is 19.1 Å². The van der Waals surface area contributed by atoms with Crippen molar-refractivity contribution < 1.29 is 38.2 Å². The standard InChI is InChI=1S/C23H26F2N2O6/c1-15(22(29)27-31)4-2-3-5-21(16-6-9-18(10-7-16)32-13-12-28)33-23(30)26-20-11-8-17(24)14-19(20)25/h4,6-11,14,21,28,31H,2-3,5,12-13H2,1H3,(H,26,30)(H,27,29)/b15-4+/t21-/m0/s1. The minimum absolute atomic E-state index is 0.130. The van der Waals surface area contributed by atoms with E-state index in [0.717, 1.165) is 12.1 Å². The number of unbranched alkanes of at least 4 members (excludes halogenated alkanes) is 1. The molecule has 0 saturated carbocycles. The van der Waals surface area contributed by atoms with Crippen molar-refractivity contribution in [1.82, 2.24) is 5.48 Å². The number of hydrogen-bond donors (Lipinski definition) is 4. The number of halogens is 2. The topological polar surface area (TPSA) is 117 Å². The maximum absolute atomic E-state index is 13.8. The second-order valence-electron chi connectivity index (χ2n) is 7.04. The number of carbonyl (C=O) groups excluding carboxylic acids is 2. The molecule has 178 valence electrons. The quantitative estimate of drug-likeness (QED) is 0.171. The number of hydrogen-bond acceptors (Lipinski definition) is 6. The summed E-state index contributed by atoms with van der Waals surface area (Å²) >= 11 is 0. The summed E-state index contributed by atoms with van der Waals surface area (Å²) in [7, 11) is 0. The van der Waals surface area contributed by atoms with Gasteiger partial charge in [0.2, 0.25) is 0 Å². The normalized spacial score (nSPS) is 12.1. The SMILES string of the molecule is C/C(=C\CCC[C@H](OC(=O)Nc1ccc(F)cc1F)c1ccc(OCCO)cc1)C(=O)NO. The molecule has 0 radical (unpaired) electrons. The molecule has 0 aliphatic heterocycles. The highest BCUT2D eigenvalue weighted by atomic mass is 19.1. The molecule has 0 saturated heterocycles. The highest BCUT2D eigenvalue weighted by molar-refractivity contribution is 5.91. The zero-order valence-corrected chi connectivity index (χ0v) is 18.0. The fourth-order valence-corrected chi connectivity index (χ4v) is 2.90. The molecule has 0 unspecified atom stereocenters. The lowest BCUT2D eigenvalue weighted by molar-refractivity contribution is -0.125. The molecule has 0 fully saturated rings. The summed E-state index contributed by atoms with van der Waals surface area (Å²) in [5.41, 5.74) is 2.32. The van der Waals surface area contributed by atoms with Gasteiger partial charge in [0.25, 0.3) is 5.91 Å². The van der Waals surface area contributed by atoms with Crippen molar-refractivity contribution in [3.05, 3.63) is 71.3 Å². The summed E-state index contributed by atoms with van der Waals surface area (Å²) in [6.45, 7) is 1.56. The fourth-order valence-electron chi connectivity index (χ4n) is 2.90. The van der Waals surface area contributed by atoms with Crippen LogP contribution < -0.4 is 15.5 Å². The Labute approximate surface area is 189 Å². The number of ether oxygens (including phenoxy) is 2. The number of nitrogens with one attached hydrogen (secondary N) is 2. The van der Waals surface area contributed by atoms with Gasteiger partial charge in [-0.1, -0.05) is 18.2 Å². The van der Waals surface area contributed by atoms with Gasteiger partial charge in [0.15, 0.2) is 0 Å². The van der Waals surface area contributed by atoms with Gasteiger partial charge in [0, 0.05) is 11.6 Å². The Balaban J connectivity index is 2.08. The Hall–Kier alpha value is -3.50. The van der Waals surface area contributed by atoms with Crippen LogP contribution in [0.25, 0.3) is 0 Å². The molecule has 8 nitrogen and oxygen atoms in total. The highest BCUT2D eigenvalue weighted by Crippen LogP contribution is 2.27. The van der Waals surface area contributed by atoms with E-state index < -0.39 is 29.7 Å². The van der Waals surface area contributed by atoms with Crippen LogP contribution in [0.5, 0.6) is 5.75 Å². The van der Waals surface area contributed by atoms with Crippen molar-refractivity contribution in [1.29, 1.82) is 0 Å². The van der Waals surface area contributed by atoms with Crippen LogP contribution in [0.1, 0.15) is 37.9 Å². The summed E-state index contributed by atoms with van der Waals surface area (Å²) < 4.78 is 37.7. The van der Waals surface area contributed by atoms with Crippen molar-refractivity contribution in [3.8, 4) is 5.75 Å². The van der Waals surface area contributed by atoms with E-state index in [0.29, 0.717) is 42.2 Å². The third-order valence-corrected chi connectivity index (χ3v) is 4.61. The van der Waals surface area contributed by atoms with E-state index in [1.807, 2.05) is 0 Å². The molecule has 0 aromatic heterocycles. The Morgan fingerprint density at radius 3 is 2.52 bits per heavy atom. The van der Waals surface area contributed by atoms with Gasteiger partial charge in [-0.2, -0.15) is 0 Å². The number of amides is 2. The van der Waals surface area contributed by atoms with E-state index in [2.05, 4.69) is 5.32 Å². The van der Waals surface area contributed by atoms with E-state index in [1.54, 1.807) is 42.7 Å². The molecule has 4 N–H and O–H groups in total. The summed E-state index contributed by atoms with van der Waals surface area (Å²) in [5.74, 6) is -1.79. The summed E-state index contributed by atoms with van der Waals surface area (Å²) in [5, 5.41) is 19.8. The summed E-state index contributed by atoms with van der Waals surface area (Å²) in [4.78, 5) is 23.7. The van der Waals surface area contributed by atoms with Gasteiger partial charge in [-0.3, -0.25) is 15.3 Å². The third-order valence-electron chi connectivity index (χ3n) is 4.61. The van der Waals surface area contributed by atoms with Crippen LogP contribution in [0.2, 0.25) is 0 Å². The minimum atomic E-state index is -0.934. The fraction of sp³-hybridized carbons (Fsp3) is 0.304. The summed E-state index contributed by atoms with van der Waals surface area (Å²) in [6, 6.07) is 9.47. The monoisotopic (exact) mass is 464 g/mol. The van der Waals surface area contributed by atoms with Gasteiger partial charge in [-0.15, -0.1) is 0 Å². The average Bonchev–Trinajstić information content (AvgIpc) is 2.81. The molecule has 2 aromatic rings. The Bertz CT molecular complexity index is 966. The molecular formula is C23H26F2N2O6. The van der Waals surface area contributed by atoms with Gasteiger partial charge in [-0.05, 0) is 56.0 Å². The number of anilines is 1. The second kappa shape index (κ2) is 13.1. The third kappa shape index (κ3) is 8.51. The van der Waals surface area contributed by atoms with Crippen LogP contribution in [-0.2, 0) is 9.53 Å². The number of aliphatic hydroxyl groups excluding tert-OH is 1. The zero-order chi connectivity index (χ0) is 24.2. The summed E-state index contributed by atoms with van der Waals surface area (Å²) in [6.07, 6.45) is 1.40. The van der Waals surface area contributed by atoms with E-state index in [4.69, 9.17) is 19.8 Å². The predicted octanol–water partition coefficient (Wildman–Crippen LogP) is 4.25. The Morgan fingerprint density at radius 2 is 1.88 bits per heavy atom. The predicted molar refractivity (Wildman–Crippen MR) is 116 cm³/mol. The van der Waals surface area contributed by atoms with Crippen LogP contribution in [0.4, 0.5) is 19.3 Å². The number of allylic oxidation sites excluding steroid dienone is 1. The molecular weight excluding hydrogens is 438 g/mol. The van der Waals surface area contributed by atoms with Crippen LogP contribution in [-0.4, -0.2) is 35.5 Å². The smallest absolute Gasteiger partial charge is 0.412 e. The van der Waals surface area contributed by atoms with E-state index in [9.17, 15) is 18.4 Å². The number of aliphatic hydroxyl groups is 1. The first-order chi connectivity index (χ1) is 15.8. The molecule has 2 rings (SSSR count). The van der Waals surface area contributed by atoms with Crippen molar-refractivity contribution in [2.75, 3.05) is 18.5 Å². The number of hydroxylamine groups is 1. The molecule has 2 aromatic carbocycles. The maximum atomic E-state index is 13.8. The van der Waals surface area contributed by atoms with Gasteiger partial charge < -0.3 is 14.6 Å². The first-order valence-corrected chi connectivity index (χ1v) is 10.2. The van der Waals surface area contributed by atoms with E-state index >= 15 is 0 Å². The minimum Gasteiger partial charge on any atom is -0.491 e. The zero-order valence-electron chi connectivity index (χ0n) is 18.0. The molecule has 10 heteroatoms. The second-order valence-corrected chi connectivity index (χ2v) is 7.04. The first kappa shape index (κ1) is 25.8. The number of benzene rings is 2. The average molecular weight is 464 g/mol. The van der Waals surface area contributed by atoms with E-state index in [-0.39, 0.29) is 18.9 Å². The van der Waals surface area contributed by atoms with Gasteiger partial charge >= 0.3 is 6.09 Å². The lowest BCUT2D eigenvalue weighted by Gasteiger charge is -2.19. The van der Waals surface area contributed by atoms with E-state index in [1.165, 1.54) is 0 Å². The van der Waals surface area contributed by atoms with Gasteiger partial charge in [0.05, 0.1) is 12.3 Å². The van der Waals surface area contributed by atoms with Crippen LogP contribution in [0.3, 0.4) is 0 Å². The Kier molecular flexibility index (Phi) is 10.3. The van der Waals surface area contributed by atoms with Crippen molar-refractivity contribution >= 4 is 17.7 Å². The molecule has 0 aliphatic rings. The lowest BCUT2D eigenvalue weighted by atomic mass is 10.0. The molecule has 0 bridgehead atoms. The molecule has 33 heavy (non-hydrogen) atoms. The van der Waals surface area contributed by atoms with Crippen LogP contribution in [0.15, 0.2) is 54.1 Å².